The zero-order valence-corrected chi connectivity index (χ0v) is 15.1. The molecular formula is C18H27ClN2O2. The first-order chi connectivity index (χ1) is 10.9. The van der Waals surface area contributed by atoms with Crippen LogP contribution < -0.4 is 4.90 Å². The Labute approximate surface area is 144 Å². The SMILES string of the molecule is CC(C)(C)C(=O)OCCCN1CCN(c2ccccc2Cl)CC1. The number of carbonyl (C=O) groups excluding carboxylic acids is 1. The minimum absolute atomic E-state index is 0.124. The third-order valence-corrected chi connectivity index (χ3v) is 4.35. The molecule has 1 aliphatic heterocycles. The molecule has 0 spiro atoms. The number of para-hydroxylation sites is 1. The molecule has 0 saturated carbocycles. The van der Waals surface area contributed by atoms with E-state index in [0.717, 1.165) is 49.9 Å². The van der Waals surface area contributed by atoms with Gasteiger partial charge in [0.05, 0.1) is 22.7 Å². The molecule has 0 aromatic heterocycles. The van der Waals surface area contributed by atoms with E-state index >= 15 is 0 Å². The molecule has 1 saturated heterocycles. The first kappa shape index (κ1) is 18.1. The Hall–Kier alpha value is -1.26. The van der Waals surface area contributed by atoms with Crippen molar-refractivity contribution in [2.75, 3.05) is 44.2 Å². The van der Waals surface area contributed by atoms with E-state index in [2.05, 4.69) is 15.9 Å². The number of benzene rings is 1. The van der Waals surface area contributed by atoms with Gasteiger partial charge in [-0.3, -0.25) is 9.69 Å². The molecule has 0 aliphatic carbocycles. The number of rotatable bonds is 5. The molecule has 0 amide bonds. The van der Waals surface area contributed by atoms with E-state index in [1.54, 1.807) is 0 Å². The second-order valence-corrected chi connectivity index (χ2v) is 7.43. The normalized spacial score (nSPS) is 16.4. The van der Waals surface area contributed by atoms with Gasteiger partial charge in [0.1, 0.15) is 0 Å². The van der Waals surface area contributed by atoms with Crippen LogP contribution in [-0.4, -0.2) is 50.2 Å². The van der Waals surface area contributed by atoms with Crippen LogP contribution in [0.5, 0.6) is 0 Å². The van der Waals surface area contributed by atoms with Gasteiger partial charge in [-0.15, -0.1) is 0 Å². The van der Waals surface area contributed by atoms with Crippen LogP contribution in [-0.2, 0) is 9.53 Å². The summed E-state index contributed by atoms with van der Waals surface area (Å²) < 4.78 is 5.31. The minimum Gasteiger partial charge on any atom is -0.465 e. The van der Waals surface area contributed by atoms with Crippen molar-refractivity contribution in [1.82, 2.24) is 4.90 Å². The quantitative estimate of drug-likeness (QED) is 0.608. The summed E-state index contributed by atoms with van der Waals surface area (Å²) in [6.07, 6.45) is 0.883. The Balaban J connectivity index is 1.68. The van der Waals surface area contributed by atoms with Crippen LogP contribution in [0.1, 0.15) is 27.2 Å². The largest absolute Gasteiger partial charge is 0.465 e. The number of halogens is 1. The van der Waals surface area contributed by atoms with Crippen LogP contribution in [0.15, 0.2) is 24.3 Å². The number of piperazine rings is 1. The van der Waals surface area contributed by atoms with Crippen molar-refractivity contribution in [2.24, 2.45) is 5.41 Å². The van der Waals surface area contributed by atoms with Gasteiger partial charge in [0.2, 0.25) is 0 Å². The lowest BCUT2D eigenvalue weighted by molar-refractivity contribution is -0.153. The molecule has 1 aromatic carbocycles. The molecule has 1 aromatic rings. The molecule has 23 heavy (non-hydrogen) atoms. The number of ether oxygens (including phenoxy) is 1. The third kappa shape index (κ3) is 5.40. The second-order valence-electron chi connectivity index (χ2n) is 7.02. The maximum atomic E-state index is 11.7. The van der Waals surface area contributed by atoms with Crippen molar-refractivity contribution >= 4 is 23.3 Å². The summed E-state index contributed by atoms with van der Waals surface area (Å²) in [5.41, 5.74) is 0.702. The maximum Gasteiger partial charge on any atom is 0.311 e. The molecule has 128 valence electrons. The van der Waals surface area contributed by atoms with Gasteiger partial charge in [-0.05, 0) is 39.3 Å². The van der Waals surface area contributed by atoms with Crippen LogP contribution in [0.3, 0.4) is 0 Å². The Morgan fingerprint density at radius 1 is 1.17 bits per heavy atom. The zero-order chi connectivity index (χ0) is 16.9. The molecular weight excluding hydrogens is 312 g/mol. The van der Waals surface area contributed by atoms with Crippen LogP contribution >= 0.6 is 11.6 Å². The summed E-state index contributed by atoms with van der Waals surface area (Å²) in [4.78, 5) is 16.4. The van der Waals surface area contributed by atoms with Gasteiger partial charge >= 0.3 is 5.97 Å². The predicted molar refractivity (Wildman–Crippen MR) is 95.1 cm³/mol. The van der Waals surface area contributed by atoms with E-state index in [1.165, 1.54) is 0 Å². The topological polar surface area (TPSA) is 32.8 Å². The second kappa shape index (κ2) is 8.02. The van der Waals surface area contributed by atoms with E-state index in [0.29, 0.717) is 6.61 Å². The number of carbonyl (C=O) groups is 1. The lowest BCUT2D eigenvalue weighted by Crippen LogP contribution is -2.46. The Morgan fingerprint density at radius 3 is 2.43 bits per heavy atom. The third-order valence-electron chi connectivity index (χ3n) is 4.03. The minimum atomic E-state index is -0.416. The van der Waals surface area contributed by atoms with Crippen LogP contribution in [0.25, 0.3) is 0 Å². The first-order valence-corrected chi connectivity index (χ1v) is 8.65. The summed E-state index contributed by atoms with van der Waals surface area (Å²) in [5, 5.41) is 0.815. The van der Waals surface area contributed by atoms with Crippen LogP contribution in [0.4, 0.5) is 5.69 Å². The first-order valence-electron chi connectivity index (χ1n) is 8.27. The number of esters is 1. The standard InChI is InChI=1S/C18H27ClN2O2/c1-18(2,3)17(22)23-14-6-9-20-10-12-21(13-11-20)16-8-5-4-7-15(16)19/h4-5,7-8H,6,9-14H2,1-3H3. The summed E-state index contributed by atoms with van der Waals surface area (Å²) >= 11 is 6.26. The summed E-state index contributed by atoms with van der Waals surface area (Å²) in [5.74, 6) is -0.124. The highest BCUT2D eigenvalue weighted by molar-refractivity contribution is 6.33. The van der Waals surface area contributed by atoms with Crippen LogP contribution in [0.2, 0.25) is 5.02 Å². The molecule has 0 unspecified atom stereocenters. The summed E-state index contributed by atoms with van der Waals surface area (Å²) in [6.45, 7) is 11.1. The molecule has 0 radical (unpaired) electrons. The van der Waals surface area contributed by atoms with Crippen molar-refractivity contribution in [3.05, 3.63) is 29.3 Å². The Bertz CT molecular complexity index is 520. The van der Waals surface area contributed by atoms with Gasteiger partial charge in [0.25, 0.3) is 0 Å². The number of hydrogen-bond acceptors (Lipinski definition) is 4. The fourth-order valence-electron chi connectivity index (χ4n) is 2.59. The number of nitrogens with zero attached hydrogens (tertiary/aromatic N) is 2. The van der Waals surface area contributed by atoms with Crippen molar-refractivity contribution in [2.45, 2.75) is 27.2 Å². The summed E-state index contributed by atoms with van der Waals surface area (Å²) in [6, 6.07) is 7.99. The fraction of sp³-hybridized carbons (Fsp3) is 0.611. The molecule has 0 N–H and O–H groups in total. The van der Waals surface area contributed by atoms with Gasteiger partial charge in [0.15, 0.2) is 0 Å². The molecule has 4 nitrogen and oxygen atoms in total. The lowest BCUT2D eigenvalue weighted by atomic mass is 9.97. The van der Waals surface area contributed by atoms with Crippen molar-refractivity contribution in [3.8, 4) is 0 Å². The van der Waals surface area contributed by atoms with Gasteiger partial charge < -0.3 is 9.64 Å². The average Bonchev–Trinajstić information content (AvgIpc) is 2.51. The summed E-state index contributed by atoms with van der Waals surface area (Å²) in [7, 11) is 0. The molecule has 0 bridgehead atoms. The smallest absolute Gasteiger partial charge is 0.311 e. The predicted octanol–water partition coefficient (Wildman–Crippen LogP) is 3.44. The Morgan fingerprint density at radius 2 is 1.83 bits per heavy atom. The average molecular weight is 339 g/mol. The van der Waals surface area contributed by atoms with Crippen molar-refractivity contribution in [3.63, 3.8) is 0 Å². The van der Waals surface area contributed by atoms with Gasteiger partial charge in [-0.1, -0.05) is 23.7 Å². The van der Waals surface area contributed by atoms with E-state index in [-0.39, 0.29) is 5.97 Å². The van der Waals surface area contributed by atoms with Gasteiger partial charge in [-0.2, -0.15) is 0 Å². The molecule has 1 fully saturated rings. The molecule has 1 heterocycles. The molecule has 5 heteroatoms. The highest BCUT2D eigenvalue weighted by Crippen LogP contribution is 2.26. The van der Waals surface area contributed by atoms with Crippen molar-refractivity contribution < 1.29 is 9.53 Å². The molecule has 2 rings (SSSR count). The monoisotopic (exact) mass is 338 g/mol. The highest BCUT2D eigenvalue weighted by atomic mass is 35.5. The molecule has 0 atom stereocenters. The number of hydrogen-bond donors (Lipinski definition) is 0. The van der Waals surface area contributed by atoms with E-state index < -0.39 is 5.41 Å². The van der Waals surface area contributed by atoms with Crippen LogP contribution in [0, 0.1) is 5.41 Å². The highest BCUT2D eigenvalue weighted by Gasteiger charge is 2.23. The molecule has 1 aliphatic rings. The van der Waals surface area contributed by atoms with E-state index in [1.807, 2.05) is 39.0 Å². The van der Waals surface area contributed by atoms with E-state index in [9.17, 15) is 4.79 Å². The van der Waals surface area contributed by atoms with Gasteiger partial charge in [0, 0.05) is 32.7 Å². The van der Waals surface area contributed by atoms with Gasteiger partial charge in [-0.25, -0.2) is 0 Å². The zero-order valence-electron chi connectivity index (χ0n) is 14.3. The number of anilines is 1. The van der Waals surface area contributed by atoms with E-state index in [4.69, 9.17) is 16.3 Å². The fourth-order valence-corrected chi connectivity index (χ4v) is 2.85. The maximum absolute atomic E-state index is 11.7. The lowest BCUT2D eigenvalue weighted by Gasteiger charge is -2.36. The Kier molecular flexibility index (Phi) is 6.31. The van der Waals surface area contributed by atoms with Crippen molar-refractivity contribution in [1.29, 1.82) is 0 Å².